The SMILES string of the molecule is COc1ccc(NCC(=O)O[C@@H]2CC[C@]3(CO3)[C@@H]([C@@]3(C)OC3CC=C(C)C)[C@@H]2OC)cc1C#N. The van der Waals surface area contributed by atoms with Gasteiger partial charge in [-0.1, -0.05) is 11.6 Å². The molecular weight excluding hydrogens is 436 g/mol. The van der Waals surface area contributed by atoms with E-state index in [9.17, 15) is 10.1 Å². The first-order chi connectivity index (χ1) is 16.3. The quantitative estimate of drug-likeness (QED) is 0.332. The van der Waals surface area contributed by atoms with Crippen LogP contribution < -0.4 is 10.1 Å². The number of esters is 1. The summed E-state index contributed by atoms with van der Waals surface area (Å²) in [5.74, 6) is 0.0947. The van der Waals surface area contributed by atoms with Crippen molar-refractivity contribution in [2.24, 2.45) is 5.92 Å². The van der Waals surface area contributed by atoms with E-state index < -0.39 is 0 Å². The van der Waals surface area contributed by atoms with E-state index in [0.717, 1.165) is 12.8 Å². The van der Waals surface area contributed by atoms with E-state index in [0.29, 0.717) is 30.0 Å². The van der Waals surface area contributed by atoms with Crippen molar-refractivity contribution in [3.8, 4) is 11.8 Å². The van der Waals surface area contributed by atoms with Gasteiger partial charge in [0.2, 0.25) is 0 Å². The van der Waals surface area contributed by atoms with Gasteiger partial charge in [-0.05, 0) is 58.2 Å². The van der Waals surface area contributed by atoms with Crippen molar-refractivity contribution >= 4 is 11.7 Å². The molecule has 0 aromatic heterocycles. The maximum atomic E-state index is 12.7. The highest BCUT2D eigenvalue weighted by Gasteiger charge is 2.72. The lowest BCUT2D eigenvalue weighted by Gasteiger charge is -2.42. The molecule has 2 heterocycles. The van der Waals surface area contributed by atoms with E-state index in [1.165, 1.54) is 12.7 Å². The first-order valence-electron chi connectivity index (χ1n) is 11.8. The molecule has 1 spiro atoms. The van der Waals surface area contributed by atoms with Gasteiger partial charge in [0.05, 0.1) is 31.3 Å². The minimum Gasteiger partial charge on any atom is -0.495 e. The van der Waals surface area contributed by atoms with Crippen molar-refractivity contribution in [1.29, 1.82) is 5.26 Å². The minimum absolute atomic E-state index is 0.0140. The number of hydrogen-bond donors (Lipinski definition) is 1. The van der Waals surface area contributed by atoms with Gasteiger partial charge in [0.1, 0.15) is 41.8 Å². The topological polar surface area (TPSA) is 106 Å². The molecule has 0 radical (unpaired) electrons. The number of nitrogens with one attached hydrogen (secondary N) is 1. The van der Waals surface area contributed by atoms with Gasteiger partial charge in [-0.3, -0.25) is 4.79 Å². The third-order valence-electron chi connectivity index (χ3n) is 7.28. The summed E-state index contributed by atoms with van der Waals surface area (Å²) in [5, 5.41) is 12.3. The van der Waals surface area contributed by atoms with Gasteiger partial charge in [-0.25, -0.2) is 0 Å². The van der Waals surface area contributed by atoms with Gasteiger partial charge in [-0.15, -0.1) is 0 Å². The summed E-state index contributed by atoms with van der Waals surface area (Å²) in [4.78, 5) is 12.7. The molecule has 1 unspecified atom stereocenters. The number of rotatable bonds is 9. The van der Waals surface area contributed by atoms with Crippen molar-refractivity contribution in [3.05, 3.63) is 35.4 Å². The first kappa shape index (κ1) is 24.5. The number of carbonyl (C=O) groups is 1. The monoisotopic (exact) mass is 470 g/mol. The second kappa shape index (κ2) is 9.57. The number of methoxy groups -OCH3 is 2. The van der Waals surface area contributed by atoms with E-state index in [2.05, 4.69) is 38.2 Å². The van der Waals surface area contributed by atoms with Crippen molar-refractivity contribution in [2.75, 3.05) is 32.7 Å². The van der Waals surface area contributed by atoms with Crippen molar-refractivity contribution in [3.63, 3.8) is 0 Å². The Balaban J connectivity index is 1.40. The number of hydrogen-bond acceptors (Lipinski definition) is 8. The molecule has 8 nitrogen and oxygen atoms in total. The van der Waals surface area contributed by atoms with Crippen molar-refractivity contribution in [1.82, 2.24) is 0 Å². The summed E-state index contributed by atoms with van der Waals surface area (Å²) in [5.41, 5.74) is 1.67. The van der Waals surface area contributed by atoms with Crippen LogP contribution in [0.1, 0.15) is 45.6 Å². The zero-order valence-electron chi connectivity index (χ0n) is 20.6. The van der Waals surface area contributed by atoms with Crippen LogP contribution in [0.4, 0.5) is 5.69 Å². The maximum Gasteiger partial charge on any atom is 0.325 e. The molecule has 4 rings (SSSR count). The van der Waals surface area contributed by atoms with Gasteiger partial charge in [0.25, 0.3) is 0 Å². The van der Waals surface area contributed by atoms with Gasteiger partial charge in [-0.2, -0.15) is 5.26 Å². The third kappa shape index (κ3) is 4.78. The normalized spacial score (nSPS) is 33.5. The molecule has 1 saturated carbocycles. The molecule has 1 aromatic carbocycles. The average molecular weight is 471 g/mol. The van der Waals surface area contributed by atoms with Crippen LogP contribution in [-0.4, -0.2) is 62.9 Å². The van der Waals surface area contributed by atoms with Gasteiger partial charge >= 0.3 is 5.97 Å². The summed E-state index contributed by atoms with van der Waals surface area (Å²) >= 11 is 0. The summed E-state index contributed by atoms with van der Waals surface area (Å²) in [6, 6.07) is 7.18. The highest BCUT2D eigenvalue weighted by Crippen LogP contribution is 2.59. The number of epoxide rings is 2. The summed E-state index contributed by atoms with van der Waals surface area (Å²) in [6.07, 6.45) is 3.94. The van der Waals surface area contributed by atoms with Gasteiger partial charge in [0, 0.05) is 12.8 Å². The standard InChI is InChI=1S/C26H34N2O6/c1-16(2)6-9-21-25(3,34-21)24-23(31-5)20(10-11-26(24)15-32-26)33-22(29)14-28-18-7-8-19(30-4)17(12-18)13-27/h6-8,12,20-21,23-24,28H,9-11,14-15H2,1-5H3/t20-,21?,23-,24-,25+,26+/m1/s1. The second-order valence-corrected chi connectivity index (χ2v) is 9.79. The molecule has 8 heteroatoms. The second-order valence-electron chi connectivity index (χ2n) is 9.79. The Morgan fingerprint density at radius 2 is 2.12 bits per heavy atom. The Labute approximate surface area is 201 Å². The molecule has 1 N–H and O–H groups in total. The Morgan fingerprint density at radius 1 is 1.35 bits per heavy atom. The minimum atomic E-state index is -0.380. The lowest BCUT2D eigenvalue weighted by Crippen LogP contribution is -2.55. The predicted molar refractivity (Wildman–Crippen MR) is 126 cm³/mol. The van der Waals surface area contributed by atoms with E-state index in [1.54, 1.807) is 25.3 Å². The van der Waals surface area contributed by atoms with Crippen LogP contribution in [0.3, 0.4) is 0 Å². The number of ether oxygens (including phenoxy) is 5. The maximum absolute atomic E-state index is 12.7. The fraction of sp³-hybridized carbons (Fsp3) is 0.615. The van der Waals surface area contributed by atoms with E-state index in [4.69, 9.17) is 23.7 Å². The smallest absolute Gasteiger partial charge is 0.325 e. The molecule has 34 heavy (non-hydrogen) atoms. The number of anilines is 1. The molecule has 0 amide bonds. The lowest BCUT2D eigenvalue weighted by molar-refractivity contribution is -0.170. The number of carbonyl (C=O) groups excluding carboxylic acids is 1. The Kier molecular flexibility index (Phi) is 6.90. The number of nitriles is 1. The Hall–Kier alpha value is -2.60. The summed E-state index contributed by atoms with van der Waals surface area (Å²) in [7, 11) is 3.17. The number of benzene rings is 1. The third-order valence-corrected chi connectivity index (χ3v) is 7.28. The number of allylic oxidation sites excluding steroid dienone is 1. The van der Waals surface area contributed by atoms with Gasteiger partial charge in [0.15, 0.2) is 0 Å². The van der Waals surface area contributed by atoms with Crippen LogP contribution in [0.2, 0.25) is 0 Å². The van der Waals surface area contributed by atoms with Crippen LogP contribution in [-0.2, 0) is 23.7 Å². The zero-order valence-corrected chi connectivity index (χ0v) is 20.6. The zero-order chi connectivity index (χ0) is 24.5. The molecule has 2 aliphatic heterocycles. The molecule has 184 valence electrons. The fourth-order valence-corrected chi connectivity index (χ4v) is 5.36. The summed E-state index contributed by atoms with van der Waals surface area (Å²) < 4.78 is 29.1. The highest BCUT2D eigenvalue weighted by atomic mass is 16.6. The van der Waals surface area contributed by atoms with Crippen LogP contribution >= 0.6 is 0 Å². The molecule has 3 aliphatic rings. The average Bonchev–Trinajstić information content (AvgIpc) is 3.74. The Morgan fingerprint density at radius 3 is 2.74 bits per heavy atom. The molecule has 3 fully saturated rings. The molecular formula is C26H34N2O6. The van der Waals surface area contributed by atoms with E-state index in [1.807, 2.05) is 0 Å². The fourth-order valence-electron chi connectivity index (χ4n) is 5.36. The molecule has 6 atom stereocenters. The van der Waals surface area contributed by atoms with Gasteiger partial charge < -0.3 is 29.0 Å². The molecule has 1 aromatic rings. The molecule has 0 bridgehead atoms. The summed E-state index contributed by atoms with van der Waals surface area (Å²) in [6.45, 7) is 6.96. The van der Waals surface area contributed by atoms with Crippen molar-refractivity contribution < 1.29 is 28.5 Å². The highest BCUT2D eigenvalue weighted by molar-refractivity contribution is 5.75. The van der Waals surface area contributed by atoms with E-state index in [-0.39, 0.29) is 47.9 Å². The first-order valence-corrected chi connectivity index (χ1v) is 11.8. The Bertz CT molecular complexity index is 993. The largest absolute Gasteiger partial charge is 0.495 e. The predicted octanol–water partition coefficient (Wildman–Crippen LogP) is 3.60. The van der Waals surface area contributed by atoms with Crippen LogP contribution in [0.5, 0.6) is 5.75 Å². The van der Waals surface area contributed by atoms with Crippen LogP contribution in [0.15, 0.2) is 29.8 Å². The van der Waals surface area contributed by atoms with Crippen LogP contribution in [0, 0.1) is 17.2 Å². The van der Waals surface area contributed by atoms with Crippen molar-refractivity contribution in [2.45, 2.75) is 69.5 Å². The van der Waals surface area contributed by atoms with Crippen LogP contribution in [0.25, 0.3) is 0 Å². The molecule has 1 aliphatic carbocycles. The van der Waals surface area contributed by atoms with E-state index >= 15 is 0 Å². The number of nitrogens with zero attached hydrogens (tertiary/aromatic N) is 1. The molecule has 2 saturated heterocycles. The lowest BCUT2D eigenvalue weighted by atomic mass is 9.68.